The van der Waals surface area contributed by atoms with Crippen molar-refractivity contribution in [3.05, 3.63) is 0 Å². The fraction of sp³-hybridized carbons (Fsp3) is 1.00. The quantitative estimate of drug-likeness (QED) is 0.425. The van der Waals surface area contributed by atoms with Crippen molar-refractivity contribution < 1.29 is 0 Å². The van der Waals surface area contributed by atoms with E-state index < -0.39 is 22.7 Å². The first-order valence-corrected chi connectivity index (χ1v) is 14.9. The molecule has 0 amide bonds. The molecule has 42 valence electrons. The molecule has 0 aromatic rings. The molecule has 0 saturated heterocycles. The van der Waals surface area contributed by atoms with Gasteiger partial charge in [-0.25, -0.2) is 0 Å². The second-order valence-electron chi connectivity index (χ2n) is 1.33. The third kappa shape index (κ3) is 4.84. The summed E-state index contributed by atoms with van der Waals surface area (Å²) in [5.41, 5.74) is 0. The van der Waals surface area contributed by atoms with Gasteiger partial charge in [-0.1, -0.05) is 0 Å². The van der Waals surface area contributed by atoms with Gasteiger partial charge in [-0.15, -0.1) is 0 Å². The number of alkyl halides is 3. The Morgan fingerprint density at radius 3 is 1.14 bits per heavy atom. The summed E-state index contributed by atoms with van der Waals surface area (Å²) in [7, 11) is 0. The van der Waals surface area contributed by atoms with Crippen LogP contribution in [-0.4, -0.2) is 31.4 Å². The van der Waals surface area contributed by atoms with Crippen molar-refractivity contribution in [1.82, 2.24) is 0 Å². The van der Waals surface area contributed by atoms with Gasteiger partial charge in [-0.2, -0.15) is 0 Å². The van der Waals surface area contributed by atoms with Crippen molar-refractivity contribution in [2.45, 2.75) is 0 Å². The number of halogens is 3. The first kappa shape index (κ1) is 9.36. The Morgan fingerprint density at radius 2 is 1.14 bits per heavy atom. The van der Waals surface area contributed by atoms with Gasteiger partial charge in [0.25, 0.3) is 0 Å². The topological polar surface area (TPSA) is 0 Å². The van der Waals surface area contributed by atoms with E-state index in [0.29, 0.717) is 0 Å². The third-order valence-electron chi connectivity index (χ3n) is 0.655. The number of hydrogen-bond acceptors (Lipinski definition) is 0. The van der Waals surface area contributed by atoms with E-state index >= 15 is 0 Å². The summed E-state index contributed by atoms with van der Waals surface area (Å²) in [4.78, 5) is 0. The van der Waals surface area contributed by atoms with Crippen molar-refractivity contribution in [2.75, 3.05) is 8.67 Å². The van der Waals surface area contributed by atoms with Crippen molar-refractivity contribution >= 4 is 70.5 Å². The van der Waals surface area contributed by atoms with E-state index in [9.17, 15) is 0 Å². The Kier molecular flexibility index (Phi) is 8.67. The molecule has 0 bridgehead atoms. The van der Waals surface area contributed by atoms with E-state index in [-0.39, 0.29) is 0 Å². The van der Waals surface area contributed by atoms with Crippen LogP contribution in [0.5, 0.6) is 0 Å². The zero-order valence-corrected chi connectivity index (χ0v) is 13.1. The van der Waals surface area contributed by atoms with Crippen LogP contribution in [0.15, 0.2) is 0 Å². The SMILES string of the molecule is Br[CH2][Tl]([CH2]Br)[CH2]Br. The predicted octanol–water partition coefficient (Wildman–Crippen LogP) is 2.28. The Morgan fingerprint density at radius 1 is 0.857 bits per heavy atom. The summed E-state index contributed by atoms with van der Waals surface area (Å²) < 4.78 is 3.89. The molecule has 0 heterocycles. The molecular formula is C3H6Br3Tl. The molecule has 0 spiro atoms. The van der Waals surface area contributed by atoms with Crippen LogP contribution in [0.3, 0.4) is 0 Å². The Hall–Kier alpha value is 2.36. The molecule has 0 aliphatic carbocycles. The molecule has 0 aliphatic rings. The number of hydrogen-bond donors (Lipinski definition) is 0. The number of rotatable bonds is 3. The van der Waals surface area contributed by atoms with Gasteiger partial charge >= 0.3 is 79.2 Å². The van der Waals surface area contributed by atoms with Crippen LogP contribution in [0, 0.1) is 0 Å². The Labute approximate surface area is 77.9 Å². The van der Waals surface area contributed by atoms with E-state index in [0.717, 1.165) is 0 Å². The van der Waals surface area contributed by atoms with E-state index in [2.05, 4.69) is 47.8 Å². The van der Waals surface area contributed by atoms with Crippen LogP contribution in [0.2, 0.25) is 0 Å². The fourth-order valence-electron chi connectivity index (χ4n) is 0.124. The van der Waals surface area contributed by atoms with Crippen molar-refractivity contribution in [3.63, 3.8) is 0 Å². The maximum absolute atomic E-state index is 3.47. The van der Waals surface area contributed by atoms with Gasteiger partial charge in [0.15, 0.2) is 0 Å². The van der Waals surface area contributed by atoms with Gasteiger partial charge in [-0.3, -0.25) is 0 Å². The van der Waals surface area contributed by atoms with Gasteiger partial charge in [0.2, 0.25) is 0 Å². The van der Waals surface area contributed by atoms with E-state index in [1.54, 1.807) is 0 Å². The van der Waals surface area contributed by atoms with E-state index in [4.69, 9.17) is 0 Å². The van der Waals surface area contributed by atoms with Gasteiger partial charge in [0.1, 0.15) is 0 Å². The van der Waals surface area contributed by atoms with Crippen LogP contribution in [-0.2, 0) is 0 Å². The average Bonchev–Trinajstić information content (AvgIpc) is 1.72. The van der Waals surface area contributed by atoms with Crippen LogP contribution in [0.25, 0.3) is 0 Å². The van der Waals surface area contributed by atoms with Crippen molar-refractivity contribution in [1.29, 1.82) is 0 Å². The van der Waals surface area contributed by atoms with Gasteiger partial charge < -0.3 is 0 Å². The predicted molar refractivity (Wildman–Crippen MR) is 47.1 cm³/mol. The molecule has 0 aliphatic heterocycles. The average molecular weight is 486 g/mol. The minimum atomic E-state index is -1.12. The summed E-state index contributed by atoms with van der Waals surface area (Å²) in [6.07, 6.45) is 0. The summed E-state index contributed by atoms with van der Waals surface area (Å²) in [5.74, 6) is 0. The monoisotopic (exact) mass is 484 g/mol. The van der Waals surface area contributed by atoms with Crippen molar-refractivity contribution in [3.8, 4) is 0 Å². The normalized spacial score (nSPS) is 9.00. The summed E-state index contributed by atoms with van der Waals surface area (Å²) in [6, 6.07) is 0. The molecule has 0 nitrogen and oxygen atoms in total. The van der Waals surface area contributed by atoms with E-state index in [1.807, 2.05) is 0 Å². The zero-order valence-electron chi connectivity index (χ0n) is 3.83. The molecule has 0 N–H and O–H groups in total. The molecule has 0 aromatic heterocycles. The summed E-state index contributed by atoms with van der Waals surface area (Å²) in [6.45, 7) is 0. The molecule has 4 heteroatoms. The first-order chi connectivity index (χ1) is 3.35. The second-order valence-corrected chi connectivity index (χ2v) is 28.7. The first-order valence-electron chi connectivity index (χ1n) is 2.03. The van der Waals surface area contributed by atoms with Gasteiger partial charge in [0, 0.05) is 0 Å². The molecule has 0 rings (SSSR count). The van der Waals surface area contributed by atoms with E-state index in [1.165, 1.54) is 8.67 Å². The molecule has 0 saturated carbocycles. The summed E-state index contributed by atoms with van der Waals surface area (Å²) >= 11 is 9.31. The molecular weight excluding hydrogens is 480 g/mol. The molecule has 7 heavy (non-hydrogen) atoms. The zero-order chi connectivity index (χ0) is 5.70. The van der Waals surface area contributed by atoms with Crippen LogP contribution in [0.1, 0.15) is 0 Å². The third-order valence-corrected chi connectivity index (χ3v) is 29.8. The fourth-order valence-corrected chi connectivity index (χ4v) is 29.3. The van der Waals surface area contributed by atoms with Crippen LogP contribution < -0.4 is 0 Å². The van der Waals surface area contributed by atoms with Gasteiger partial charge in [-0.05, 0) is 0 Å². The van der Waals surface area contributed by atoms with Crippen molar-refractivity contribution in [2.24, 2.45) is 0 Å². The Balaban J connectivity index is 2.99. The maximum atomic E-state index is 3.47. The Bertz CT molecular complexity index is 31.7. The van der Waals surface area contributed by atoms with Crippen LogP contribution in [0.4, 0.5) is 0 Å². The molecule has 0 fully saturated rings. The van der Waals surface area contributed by atoms with Crippen LogP contribution >= 0.6 is 47.8 Å². The molecule has 0 aromatic carbocycles. The standard InChI is InChI=1S/3CH2Br.Tl/c3*1-2;/h3*1H2;. The van der Waals surface area contributed by atoms with Gasteiger partial charge in [0.05, 0.1) is 0 Å². The molecule has 0 unspecified atom stereocenters. The molecule has 0 radical (unpaired) electrons. The second kappa shape index (κ2) is 6.48. The molecule has 0 atom stereocenters. The summed E-state index contributed by atoms with van der Waals surface area (Å²) in [5, 5.41) is 0. The minimum absolute atomic E-state index is 1.12.